The van der Waals surface area contributed by atoms with Crippen molar-refractivity contribution in [3.05, 3.63) is 39.9 Å². The number of rotatable bonds is 5. The van der Waals surface area contributed by atoms with Gasteiger partial charge in [-0.05, 0) is 25.1 Å². The minimum Gasteiger partial charge on any atom is -0.311 e. The van der Waals surface area contributed by atoms with Gasteiger partial charge < -0.3 is 5.32 Å². The minimum atomic E-state index is -0.482. The molecule has 7 heteroatoms. The van der Waals surface area contributed by atoms with Crippen molar-refractivity contribution >= 4 is 23.2 Å². The highest BCUT2D eigenvalue weighted by molar-refractivity contribution is 6.37. The van der Waals surface area contributed by atoms with E-state index in [4.69, 9.17) is 23.2 Å². The van der Waals surface area contributed by atoms with Crippen LogP contribution in [-0.4, -0.2) is 21.5 Å². The Labute approximate surface area is 120 Å². The average molecular weight is 303 g/mol. The van der Waals surface area contributed by atoms with Gasteiger partial charge in [0.25, 0.3) is 0 Å². The highest BCUT2D eigenvalue weighted by Crippen LogP contribution is 2.29. The van der Waals surface area contributed by atoms with E-state index in [0.29, 0.717) is 12.2 Å². The summed E-state index contributed by atoms with van der Waals surface area (Å²) in [7, 11) is 0. The van der Waals surface area contributed by atoms with Gasteiger partial charge in [-0.3, -0.25) is 0 Å². The molecule has 102 valence electrons. The largest absolute Gasteiger partial charge is 0.311 e. The number of hydrogen-bond donors (Lipinski definition) is 1. The Morgan fingerprint density at radius 3 is 2.63 bits per heavy atom. The molecule has 1 aromatic heterocycles. The Hall–Kier alpha value is -1.17. The molecule has 0 atom stereocenters. The second-order valence-corrected chi connectivity index (χ2v) is 4.85. The second kappa shape index (κ2) is 6.32. The van der Waals surface area contributed by atoms with E-state index in [1.165, 1.54) is 16.8 Å². The minimum absolute atomic E-state index is 0.201. The van der Waals surface area contributed by atoms with Crippen molar-refractivity contribution in [2.24, 2.45) is 0 Å². The molecule has 0 aliphatic carbocycles. The number of hydrogen-bond acceptors (Lipinski definition) is 3. The summed E-state index contributed by atoms with van der Waals surface area (Å²) in [4.78, 5) is 0. The Morgan fingerprint density at radius 1 is 1.32 bits per heavy atom. The molecule has 0 bridgehead atoms. The summed E-state index contributed by atoms with van der Waals surface area (Å²) >= 11 is 12.1. The van der Waals surface area contributed by atoms with Crippen molar-refractivity contribution in [2.45, 2.75) is 19.9 Å². The molecular formula is C12H13Cl2FN4. The summed E-state index contributed by atoms with van der Waals surface area (Å²) in [6.07, 6.45) is 2.65. The fourth-order valence-corrected chi connectivity index (χ4v) is 2.32. The molecule has 0 saturated carbocycles. The molecule has 0 aliphatic rings. The van der Waals surface area contributed by atoms with Crippen LogP contribution in [0.3, 0.4) is 0 Å². The highest BCUT2D eigenvalue weighted by Gasteiger charge is 2.14. The first-order valence-electron chi connectivity index (χ1n) is 5.88. The van der Waals surface area contributed by atoms with Crippen LogP contribution < -0.4 is 5.32 Å². The summed E-state index contributed by atoms with van der Waals surface area (Å²) < 4.78 is 14.7. The molecule has 1 N–H and O–H groups in total. The lowest BCUT2D eigenvalue weighted by Gasteiger charge is -2.10. The predicted molar refractivity (Wildman–Crippen MR) is 73.3 cm³/mol. The zero-order valence-electron chi connectivity index (χ0n) is 10.3. The van der Waals surface area contributed by atoms with Crippen LogP contribution in [0.2, 0.25) is 10.0 Å². The van der Waals surface area contributed by atoms with Crippen molar-refractivity contribution in [1.29, 1.82) is 0 Å². The molecule has 1 heterocycles. The SMILES string of the molecule is CCCNCc1cnnn1-c1c(Cl)cc(F)cc1Cl. The van der Waals surface area contributed by atoms with E-state index in [-0.39, 0.29) is 10.0 Å². The zero-order valence-corrected chi connectivity index (χ0v) is 11.8. The second-order valence-electron chi connectivity index (χ2n) is 4.03. The topological polar surface area (TPSA) is 42.7 Å². The Morgan fingerprint density at radius 2 is 2.00 bits per heavy atom. The molecular weight excluding hydrogens is 290 g/mol. The molecule has 2 rings (SSSR count). The van der Waals surface area contributed by atoms with Crippen LogP contribution in [0.5, 0.6) is 0 Å². The van der Waals surface area contributed by atoms with Crippen LogP contribution in [0.25, 0.3) is 5.69 Å². The molecule has 19 heavy (non-hydrogen) atoms. The maximum atomic E-state index is 13.2. The monoisotopic (exact) mass is 302 g/mol. The van der Waals surface area contributed by atoms with Gasteiger partial charge in [0.15, 0.2) is 0 Å². The molecule has 0 radical (unpaired) electrons. The third-order valence-corrected chi connectivity index (χ3v) is 3.12. The van der Waals surface area contributed by atoms with Gasteiger partial charge in [0.05, 0.1) is 21.9 Å². The van der Waals surface area contributed by atoms with Crippen molar-refractivity contribution in [2.75, 3.05) is 6.54 Å². The first-order chi connectivity index (χ1) is 9.13. The summed E-state index contributed by atoms with van der Waals surface area (Å²) in [5.41, 5.74) is 1.25. The van der Waals surface area contributed by atoms with Gasteiger partial charge in [-0.15, -0.1) is 5.10 Å². The Balaban J connectivity index is 2.35. The molecule has 1 aromatic carbocycles. The van der Waals surface area contributed by atoms with Crippen molar-refractivity contribution in [1.82, 2.24) is 20.3 Å². The van der Waals surface area contributed by atoms with Crippen LogP contribution in [0, 0.1) is 5.82 Å². The lowest BCUT2D eigenvalue weighted by Crippen LogP contribution is -2.17. The van der Waals surface area contributed by atoms with E-state index >= 15 is 0 Å². The van der Waals surface area contributed by atoms with Crippen LogP contribution >= 0.6 is 23.2 Å². The van der Waals surface area contributed by atoms with Gasteiger partial charge in [-0.25, -0.2) is 9.07 Å². The summed E-state index contributed by atoms with van der Waals surface area (Å²) in [6.45, 7) is 3.55. The molecule has 0 aliphatic heterocycles. The summed E-state index contributed by atoms with van der Waals surface area (Å²) in [5, 5.41) is 11.4. The van der Waals surface area contributed by atoms with E-state index in [1.807, 2.05) is 0 Å². The standard InChI is InChI=1S/C12H13Cl2FN4/c1-2-3-16-6-9-7-17-18-19(9)12-10(13)4-8(15)5-11(12)14/h4-5,7,16H,2-3,6H2,1H3. The first kappa shape index (κ1) is 14.2. The van der Waals surface area contributed by atoms with Crippen LogP contribution in [0.1, 0.15) is 19.0 Å². The van der Waals surface area contributed by atoms with Gasteiger partial charge in [0, 0.05) is 6.54 Å². The van der Waals surface area contributed by atoms with Crippen molar-refractivity contribution in [3.63, 3.8) is 0 Å². The number of benzene rings is 1. The number of nitrogens with zero attached hydrogens (tertiary/aromatic N) is 3. The molecule has 2 aromatic rings. The highest BCUT2D eigenvalue weighted by atomic mass is 35.5. The van der Waals surface area contributed by atoms with Gasteiger partial charge in [-0.2, -0.15) is 0 Å². The molecule has 0 spiro atoms. The van der Waals surface area contributed by atoms with Crippen molar-refractivity contribution in [3.8, 4) is 5.69 Å². The van der Waals surface area contributed by atoms with E-state index in [0.717, 1.165) is 18.7 Å². The predicted octanol–water partition coefficient (Wildman–Crippen LogP) is 3.21. The first-order valence-corrected chi connectivity index (χ1v) is 6.64. The zero-order chi connectivity index (χ0) is 13.8. The lowest BCUT2D eigenvalue weighted by molar-refractivity contribution is 0.624. The number of aromatic nitrogens is 3. The number of nitrogens with one attached hydrogen (secondary N) is 1. The van der Waals surface area contributed by atoms with Crippen LogP contribution in [-0.2, 0) is 6.54 Å². The Kier molecular flexibility index (Phi) is 4.74. The Bertz CT molecular complexity index is 548. The molecule has 0 unspecified atom stereocenters. The average Bonchev–Trinajstić information content (AvgIpc) is 2.76. The molecule has 4 nitrogen and oxygen atoms in total. The van der Waals surface area contributed by atoms with E-state index < -0.39 is 5.82 Å². The van der Waals surface area contributed by atoms with E-state index in [2.05, 4.69) is 22.6 Å². The fraction of sp³-hybridized carbons (Fsp3) is 0.333. The summed E-state index contributed by atoms with van der Waals surface area (Å²) in [5.74, 6) is -0.482. The molecule has 0 saturated heterocycles. The van der Waals surface area contributed by atoms with E-state index in [1.54, 1.807) is 6.20 Å². The van der Waals surface area contributed by atoms with Crippen molar-refractivity contribution < 1.29 is 4.39 Å². The normalized spacial score (nSPS) is 10.9. The fourth-order valence-electron chi connectivity index (χ4n) is 1.70. The quantitative estimate of drug-likeness (QED) is 0.863. The van der Waals surface area contributed by atoms with Gasteiger partial charge in [0.2, 0.25) is 0 Å². The molecule has 0 fully saturated rings. The maximum Gasteiger partial charge on any atom is 0.126 e. The smallest absolute Gasteiger partial charge is 0.126 e. The lowest BCUT2D eigenvalue weighted by atomic mass is 10.3. The van der Waals surface area contributed by atoms with Gasteiger partial charge in [-0.1, -0.05) is 35.3 Å². The van der Waals surface area contributed by atoms with Crippen LogP contribution in [0.4, 0.5) is 4.39 Å². The number of halogens is 3. The molecule has 0 amide bonds. The van der Waals surface area contributed by atoms with Gasteiger partial charge >= 0.3 is 0 Å². The summed E-state index contributed by atoms with van der Waals surface area (Å²) in [6, 6.07) is 2.40. The third-order valence-electron chi connectivity index (χ3n) is 2.55. The van der Waals surface area contributed by atoms with Crippen LogP contribution in [0.15, 0.2) is 18.3 Å². The maximum absolute atomic E-state index is 13.2. The van der Waals surface area contributed by atoms with E-state index in [9.17, 15) is 4.39 Å². The van der Waals surface area contributed by atoms with Gasteiger partial charge in [0.1, 0.15) is 11.5 Å². The third kappa shape index (κ3) is 3.23.